The van der Waals surface area contributed by atoms with Crippen LogP contribution in [0.2, 0.25) is 0 Å². The predicted octanol–water partition coefficient (Wildman–Crippen LogP) is 5.66. The van der Waals surface area contributed by atoms with Crippen molar-refractivity contribution >= 4 is 53.2 Å². The van der Waals surface area contributed by atoms with Gasteiger partial charge in [0.25, 0.3) is 0 Å². The molecule has 0 bridgehead atoms. The van der Waals surface area contributed by atoms with E-state index in [0.29, 0.717) is 15.8 Å². The number of ether oxygens (including phenoxy) is 1. The minimum absolute atomic E-state index is 0. The van der Waals surface area contributed by atoms with Crippen molar-refractivity contribution in [1.29, 1.82) is 0 Å². The Hall–Kier alpha value is 0.736. The zero-order valence-corrected chi connectivity index (χ0v) is 36.4. The fraction of sp³-hybridized carbons (Fsp3) is 0.429. The van der Waals surface area contributed by atoms with Gasteiger partial charge in [-0.3, -0.25) is 42.9 Å². The van der Waals surface area contributed by atoms with E-state index >= 15 is 0 Å². The first-order valence-electron chi connectivity index (χ1n) is 11.2. The minimum Gasteiger partial charge on any atom is -0.542 e. The largest absolute Gasteiger partial charge is 2.00 e. The topological polar surface area (TPSA) is 94.6 Å². The van der Waals surface area contributed by atoms with E-state index in [4.69, 9.17) is 4.74 Å². The number of unbranched alkanes of at least 4 members (excludes halogenated alkanes) is 3. The summed E-state index contributed by atoms with van der Waals surface area (Å²) in [4.78, 5) is 50.6. The second-order valence-electron chi connectivity index (χ2n) is 7.34. The summed E-state index contributed by atoms with van der Waals surface area (Å²) in [5, 5.41) is 0. The molecule has 1 saturated carbocycles. The number of esters is 1. The maximum absolute atomic E-state index is 10.6. The molecule has 0 amide bonds. The van der Waals surface area contributed by atoms with Crippen molar-refractivity contribution in [3.8, 4) is 0 Å². The first-order chi connectivity index (χ1) is 16.7. The first kappa shape index (κ1) is 48.5. The van der Waals surface area contributed by atoms with Crippen molar-refractivity contribution in [2.45, 2.75) is 58.3 Å². The number of benzene rings is 1. The van der Waals surface area contributed by atoms with Gasteiger partial charge in [-0.1, -0.05) is 67.7 Å². The van der Waals surface area contributed by atoms with Crippen LogP contribution >= 0.6 is 22.6 Å². The van der Waals surface area contributed by atoms with Crippen LogP contribution in [0.1, 0.15) is 68.6 Å². The molecule has 0 radical (unpaired) electrons. The number of allylic oxidation sites excluding steroid dienone is 1. The molecule has 2 rings (SSSR count). The zero-order valence-electron chi connectivity index (χ0n) is 21.8. The van der Waals surface area contributed by atoms with Gasteiger partial charge in [0.05, 0.1) is 6.61 Å². The molecule has 38 heavy (non-hydrogen) atoms. The number of carbonyl (C=O) groups is 2. The van der Waals surface area contributed by atoms with Crippen molar-refractivity contribution in [3.05, 3.63) is 65.6 Å². The Kier molecular flexibility index (Phi) is 45.6. The molecule has 1 aromatic carbocycles. The quantitative estimate of drug-likeness (QED) is 0.0751. The Balaban J connectivity index is -0.000000127. The summed E-state index contributed by atoms with van der Waals surface area (Å²) in [5.74, 6) is -0.124. The average Bonchev–Trinajstić information content (AvgIpc) is 2.90. The molecule has 0 atom stereocenters. The van der Waals surface area contributed by atoms with Gasteiger partial charge in [0.2, 0.25) is 0 Å². The fourth-order valence-electron chi connectivity index (χ4n) is 2.57. The minimum atomic E-state index is -0.334. The van der Waals surface area contributed by atoms with Crippen LogP contribution in [-0.2, 0) is 23.9 Å². The second kappa shape index (κ2) is 35.8. The van der Waals surface area contributed by atoms with Crippen LogP contribution in [-0.4, -0.2) is 37.2 Å². The predicted molar refractivity (Wildman–Crippen MR) is 145 cm³/mol. The van der Waals surface area contributed by atoms with E-state index in [0.717, 1.165) is 51.4 Å². The van der Waals surface area contributed by atoms with Gasteiger partial charge >= 0.3 is 99.3 Å². The van der Waals surface area contributed by atoms with E-state index in [1.54, 1.807) is 47.1 Å². The molecule has 0 N–H and O–H groups in total. The van der Waals surface area contributed by atoms with Crippen LogP contribution in [0.5, 0.6) is 0 Å². The third kappa shape index (κ3) is 32.9. The van der Waals surface area contributed by atoms with Gasteiger partial charge < -0.3 is 30.8 Å². The van der Waals surface area contributed by atoms with Crippen molar-refractivity contribution in [2.75, 3.05) is 6.61 Å². The van der Waals surface area contributed by atoms with Crippen LogP contribution < -0.4 is 0 Å². The Labute approximate surface area is 313 Å². The summed E-state index contributed by atoms with van der Waals surface area (Å²) in [6.07, 6.45) is 14.0. The molecule has 0 unspecified atom stereocenters. The van der Waals surface area contributed by atoms with Crippen molar-refractivity contribution < 1.29 is 122 Å². The van der Waals surface area contributed by atoms with Crippen LogP contribution in [0.25, 0.3) is 0 Å². The van der Waals surface area contributed by atoms with Crippen LogP contribution in [0.3, 0.4) is 0 Å². The van der Waals surface area contributed by atoms with Crippen molar-refractivity contribution in [2.24, 2.45) is 11.8 Å². The van der Waals surface area contributed by atoms with E-state index in [1.165, 1.54) is 13.0 Å². The van der Waals surface area contributed by atoms with Gasteiger partial charge in [-0.25, -0.2) is 16.9 Å². The van der Waals surface area contributed by atoms with Gasteiger partial charge in [-0.05, 0) is 19.6 Å². The normalized spacial score (nSPS) is 14.4. The van der Waals surface area contributed by atoms with Crippen LogP contribution in [0, 0.1) is 124 Å². The number of rotatable bonds is 10. The Morgan fingerprint density at radius 2 is 1.55 bits per heavy atom. The van der Waals surface area contributed by atoms with Gasteiger partial charge in [0, 0.05) is 11.9 Å². The number of carbonyl (C=O) groups excluding carboxylic acids is 5. The summed E-state index contributed by atoms with van der Waals surface area (Å²) >= 11 is 1.79. The summed E-state index contributed by atoms with van der Waals surface area (Å²) in [7, 11) is 0. The van der Waals surface area contributed by atoms with Crippen molar-refractivity contribution in [1.82, 2.24) is 0 Å². The number of Topliss-reactive ketones (excluding diaryl/α,β-unsaturated/α-hetero) is 1. The Morgan fingerprint density at radius 1 is 1.05 bits per heavy atom. The third-order valence-corrected chi connectivity index (χ3v) is 4.72. The zero-order chi connectivity index (χ0) is 26.9. The first-order valence-corrected chi connectivity index (χ1v) is 12.3. The van der Waals surface area contributed by atoms with Crippen molar-refractivity contribution in [3.63, 3.8) is 0 Å². The molecular formula is C28H33IO6U3. The SMILES string of the molecule is C=C(I)[C-]=O.C=CC(=O)OCCCCC[CH2-].CC(=O)c1[c-]cc[c-]c1.O=[C-]C1CCC([C-]=O)CC1.[U+2].[U+2].[U+2]. The molecule has 1 aromatic rings. The van der Waals surface area contributed by atoms with Crippen LogP contribution in [0.15, 0.2) is 41.0 Å². The molecule has 1 fully saturated rings. The third-order valence-electron chi connectivity index (χ3n) is 4.50. The number of ketones is 1. The van der Waals surface area contributed by atoms with E-state index in [-0.39, 0.29) is 117 Å². The smallest absolute Gasteiger partial charge is 0.542 e. The molecule has 0 heterocycles. The average molecular weight is 1310 g/mol. The van der Waals surface area contributed by atoms with Gasteiger partial charge in [0.1, 0.15) is 0 Å². The standard InChI is InChI=1S/C9H15O2.C8H10O2.C8H6O.C3H2IO.3U/c1-3-5-6-7-8-11-9(10)4-2;9-5-7-1-2-8(6-10)4-3-7;1-7(9)8-5-3-2-4-6-8;1-3(4)2-5;;;/h4H,1-3,5-8H2;7-8H,1-4H2;2-3,6H,1H3;1H2;;;/q-1;2*-2;-1;3*+2. The molecule has 6 nitrogen and oxygen atoms in total. The molecule has 0 spiro atoms. The number of hydrogen-bond acceptors (Lipinski definition) is 6. The summed E-state index contributed by atoms with van der Waals surface area (Å²) in [6, 6.07) is 10.6. The molecule has 0 saturated heterocycles. The number of halogens is 1. The van der Waals surface area contributed by atoms with Gasteiger partial charge in [0.15, 0.2) is 0 Å². The monoisotopic (exact) mass is 1310 g/mol. The molecule has 0 aliphatic heterocycles. The number of hydrogen-bond donors (Lipinski definition) is 0. The Bertz CT molecular complexity index is 751. The van der Waals surface area contributed by atoms with Gasteiger partial charge in [-0.15, -0.1) is 15.4 Å². The molecule has 1 aliphatic rings. The summed E-state index contributed by atoms with van der Waals surface area (Å²) in [6.45, 7) is 12.3. The Morgan fingerprint density at radius 3 is 1.84 bits per heavy atom. The van der Waals surface area contributed by atoms with Gasteiger partial charge in [-0.2, -0.15) is 6.42 Å². The van der Waals surface area contributed by atoms with E-state index in [2.05, 4.69) is 32.2 Å². The maximum Gasteiger partial charge on any atom is 2.00 e. The fourth-order valence-corrected chi connectivity index (χ4v) is 2.57. The van der Waals surface area contributed by atoms with E-state index < -0.39 is 0 Å². The summed E-state index contributed by atoms with van der Waals surface area (Å²) < 4.78 is 5.18. The summed E-state index contributed by atoms with van der Waals surface area (Å²) in [5.41, 5.74) is 0.595. The van der Waals surface area contributed by atoms with E-state index in [1.807, 2.05) is 12.6 Å². The molecule has 1 aliphatic carbocycles. The van der Waals surface area contributed by atoms with E-state index in [9.17, 15) is 24.0 Å². The second-order valence-corrected chi connectivity index (χ2v) is 8.64. The maximum atomic E-state index is 10.6. The molecular weight excluding hydrogens is 1270 g/mol. The molecule has 200 valence electrons. The van der Waals surface area contributed by atoms with Crippen LogP contribution in [0.4, 0.5) is 0 Å². The molecule has 10 heteroatoms. The molecule has 0 aromatic heterocycles.